The molecular formula is C14H22N2O2. The van der Waals surface area contributed by atoms with Gasteiger partial charge < -0.3 is 0 Å². The lowest BCUT2D eigenvalue weighted by atomic mass is 9.82. The van der Waals surface area contributed by atoms with Gasteiger partial charge in [0.05, 0.1) is 6.07 Å². The van der Waals surface area contributed by atoms with Crippen LogP contribution in [0.5, 0.6) is 0 Å². The second-order valence-corrected chi connectivity index (χ2v) is 5.04. The predicted molar refractivity (Wildman–Crippen MR) is 68.4 cm³/mol. The number of hydrogen-bond acceptors (Lipinski definition) is 3. The molecule has 1 fully saturated rings. The van der Waals surface area contributed by atoms with Crippen LogP contribution in [0.25, 0.3) is 0 Å². The monoisotopic (exact) mass is 250 g/mol. The van der Waals surface area contributed by atoms with Crippen molar-refractivity contribution in [1.82, 2.24) is 5.32 Å². The molecule has 0 bridgehead atoms. The van der Waals surface area contributed by atoms with Crippen LogP contribution in [0.1, 0.15) is 58.3 Å². The zero-order valence-corrected chi connectivity index (χ0v) is 11.1. The molecule has 1 aliphatic heterocycles. The van der Waals surface area contributed by atoms with E-state index in [0.717, 1.165) is 19.3 Å². The first-order valence-corrected chi connectivity index (χ1v) is 6.92. The summed E-state index contributed by atoms with van der Waals surface area (Å²) in [4.78, 5) is 22.7. The molecule has 1 rings (SSSR count). The molecule has 1 heterocycles. The Balaban J connectivity index is 2.28. The minimum Gasteiger partial charge on any atom is -0.295 e. The Morgan fingerprint density at radius 2 is 1.89 bits per heavy atom. The van der Waals surface area contributed by atoms with Crippen molar-refractivity contribution in [3.63, 3.8) is 0 Å². The Morgan fingerprint density at radius 1 is 1.22 bits per heavy atom. The standard InChI is InChI=1S/C14H22N2O2/c1-2-3-4-5-6-7-8-11-9-13(17)16-14(18)12(11)10-15/h11-12H,2-9H2,1H3,(H,16,17,18). The third-order valence-electron chi connectivity index (χ3n) is 3.53. The van der Waals surface area contributed by atoms with E-state index < -0.39 is 11.8 Å². The topological polar surface area (TPSA) is 70.0 Å². The van der Waals surface area contributed by atoms with Crippen LogP contribution in [0.4, 0.5) is 0 Å². The molecule has 0 saturated carbocycles. The van der Waals surface area contributed by atoms with Crippen molar-refractivity contribution in [3.8, 4) is 6.07 Å². The highest BCUT2D eigenvalue weighted by molar-refractivity contribution is 6.00. The van der Waals surface area contributed by atoms with Crippen molar-refractivity contribution in [3.05, 3.63) is 0 Å². The van der Waals surface area contributed by atoms with E-state index >= 15 is 0 Å². The average Bonchev–Trinajstić information content (AvgIpc) is 2.33. The first kappa shape index (κ1) is 14.7. The molecule has 0 aliphatic carbocycles. The fraction of sp³-hybridized carbons (Fsp3) is 0.786. The zero-order chi connectivity index (χ0) is 13.4. The smallest absolute Gasteiger partial charge is 0.244 e. The van der Waals surface area contributed by atoms with Gasteiger partial charge in [-0.05, 0) is 12.3 Å². The van der Waals surface area contributed by atoms with Gasteiger partial charge in [-0.15, -0.1) is 0 Å². The molecule has 4 heteroatoms. The number of carbonyl (C=O) groups is 2. The summed E-state index contributed by atoms with van der Waals surface area (Å²) in [6.07, 6.45) is 8.22. The van der Waals surface area contributed by atoms with E-state index in [-0.39, 0.29) is 11.8 Å². The Bertz CT molecular complexity index is 333. The quantitative estimate of drug-likeness (QED) is 0.557. The fourth-order valence-corrected chi connectivity index (χ4v) is 2.46. The average molecular weight is 250 g/mol. The molecule has 1 N–H and O–H groups in total. The number of hydrogen-bond donors (Lipinski definition) is 1. The van der Waals surface area contributed by atoms with Crippen molar-refractivity contribution in [2.24, 2.45) is 11.8 Å². The van der Waals surface area contributed by atoms with Gasteiger partial charge in [0, 0.05) is 6.42 Å². The maximum Gasteiger partial charge on any atom is 0.244 e. The number of nitrogens with one attached hydrogen (secondary N) is 1. The second-order valence-electron chi connectivity index (χ2n) is 5.04. The van der Waals surface area contributed by atoms with Gasteiger partial charge in [0.15, 0.2) is 0 Å². The number of amides is 2. The van der Waals surface area contributed by atoms with Crippen molar-refractivity contribution in [1.29, 1.82) is 5.26 Å². The van der Waals surface area contributed by atoms with E-state index in [4.69, 9.17) is 5.26 Å². The van der Waals surface area contributed by atoms with Crippen molar-refractivity contribution in [2.45, 2.75) is 58.3 Å². The Morgan fingerprint density at radius 3 is 2.56 bits per heavy atom. The van der Waals surface area contributed by atoms with Gasteiger partial charge in [0.25, 0.3) is 0 Å². The van der Waals surface area contributed by atoms with Crippen LogP contribution >= 0.6 is 0 Å². The number of nitriles is 1. The van der Waals surface area contributed by atoms with Crippen LogP contribution in [-0.2, 0) is 9.59 Å². The summed E-state index contributed by atoms with van der Waals surface area (Å²) in [5, 5.41) is 11.2. The SMILES string of the molecule is CCCCCCCCC1CC(=O)NC(=O)C1C#N. The number of carbonyl (C=O) groups excluding carboxylic acids is 2. The van der Waals surface area contributed by atoms with Crippen molar-refractivity contribution < 1.29 is 9.59 Å². The second kappa shape index (κ2) is 7.86. The predicted octanol–water partition coefficient (Wildman–Crippen LogP) is 2.54. The summed E-state index contributed by atoms with van der Waals surface area (Å²) in [6.45, 7) is 2.18. The summed E-state index contributed by atoms with van der Waals surface area (Å²) in [7, 11) is 0. The van der Waals surface area contributed by atoms with E-state index in [1.54, 1.807) is 0 Å². The number of rotatable bonds is 7. The van der Waals surface area contributed by atoms with E-state index in [2.05, 4.69) is 12.2 Å². The molecule has 0 aromatic heterocycles. The molecule has 0 spiro atoms. The Hall–Kier alpha value is -1.37. The fourth-order valence-electron chi connectivity index (χ4n) is 2.46. The first-order valence-electron chi connectivity index (χ1n) is 6.92. The van der Waals surface area contributed by atoms with Gasteiger partial charge in [0.2, 0.25) is 11.8 Å². The normalized spacial score (nSPS) is 23.6. The van der Waals surface area contributed by atoms with Crippen LogP contribution in [-0.4, -0.2) is 11.8 Å². The molecule has 100 valence electrons. The molecule has 2 atom stereocenters. The number of piperidine rings is 1. The van der Waals surface area contributed by atoms with Gasteiger partial charge in [-0.3, -0.25) is 14.9 Å². The van der Waals surface area contributed by atoms with Crippen LogP contribution in [0.2, 0.25) is 0 Å². The summed E-state index contributed by atoms with van der Waals surface area (Å²) in [5.74, 6) is -1.37. The van der Waals surface area contributed by atoms with Crippen molar-refractivity contribution >= 4 is 11.8 Å². The van der Waals surface area contributed by atoms with Gasteiger partial charge in [0.1, 0.15) is 5.92 Å². The van der Waals surface area contributed by atoms with Crippen LogP contribution in [0.3, 0.4) is 0 Å². The van der Waals surface area contributed by atoms with Gasteiger partial charge in [-0.2, -0.15) is 5.26 Å². The number of nitrogens with zero attached hydrogens (tertiary/aromatic N) is 1. The Kier molecular flexibility index (Phi) is 6.42. The molecular weight excluding hydrogens is 228 g/mol. The molecule has 0 aromatic rings. The molecule has 1 aliphatic rings. The van der Waals surface area contributed by atoms with E-state index in [0.29, 0.717) is 6.42 Å². The molecule has 18 heavy (non-hydrogen) atoms. The highest BCUT2D eigenvalue weighted by Crippen LogP contribution is 2.26. The lowest BCUT2D eigenvalue weighted by Crippen LogP contribution is -2.45. The Labute approximate surface area is 109 Å². The highest BCUT2D eigenvalue weighted by atomic mass is 16.2. The number of imide groups is 1. The van der Waals surface area contributed by atoms with Gasteiger partial charge >= 0.3 is 0 Å². The van der Waals surface area contributed by atoms with E-state index in [9.17, 15) is 9.59 Å². The number of unbranched alkanes of at least 4 members (excludes halogenated alkanes) is 5. The zero-order valence-electron chi connectivity index (χ0n) is 11.1. The third kappa shape index (κ3) is 4.48. The van der Waals surface area contributed by atoms with Gasteiger partial charge in [-0.1, -0.05) is 45.4 Å². The minimum absolute atomic E-state index is 0.0811. The highest BCUT2D eigenvalue weighted by Gasteiger charge is 2.35. The van der Waals surface area contributed by atoms with Crippen LogP contribution < -0.4 is 5.32 Å². The third-order valence-corrected chi connectivity index (χ3v) is 3.53. The molecule has 2 amide bonds. The lowest BCUT2D eigenvalue weighted by Gasteiger charge is -2.25. The largest absolute Gasteiger partial charge is 0.295 e. The van der Waals surface area contributed by atoms with E-state index in [1.165, 1.54) is 25.7 Å². The molecule has 1 saturated heterocycles. The maximum absolute atomic E-state index is 11.5. The summed E-state index contributed by atoms with van der Waals surface area (Å²) >= 11 is 0. The molecule has 2 unspecified atom stereocenters. The molecule has 0 radical (unpaired) electrons. The van der Waals surface area contributed by atoms with Gasteiger partial charge in [-0.25, -0.2) is 0 Å². The van der Waals surface area contributed by atoms with Crippen molar-refractivity contribution in [2.75, 3.05) is 0 Å². The first-order chi connectivity index (χ1) is 8.69. The summed E-state index contributed by atoms with van der Waals surface area (Å²) in [6, 6.07) is 2.02. The van der Waals surface area contributed by atoms with Crippen LogP contribution in [0.15, 0.2) is 0 Å². The van der Waals surface area contributed by atoms with Crippen LogP contribution in [0, 0.1) is 23.2 Å². The molecule has 0 aromatic carbocycles. The van der Waals surface area contributed by atoms with E-state index in [1.807, 2.05) is 6.07 Å². The minimum atomic E-state index is -0.640. The maximum atomic E-state index is 11.5. The lowest BCUT2D eigenvalue weighted by molar-refractivity contribution is -0.137. The molecule has 4 nitrogen and oxygen atoms in total. The summed E-state index contributed by atoms with van der Waals surface area (Å²) in [5.41, 5.74) is 0. The summed E-state index contributed by atoms with van der Waals surface area (Å²) < 4.78 is 0.